The molecule has 0 heterocycles. The van der Waals surface area contributed by atoms with E-state index in [0.29, 0.717) is 18.0 Å². The van der Waals surface area contributed by atoms with E-state index in [0.717, 1.165) is 12.1 Å². The van der Waals surface area contributed by atoms with Crippen molar-refractivity contribution < 1.29 is 23.5 Å². The number of hydrazine groups is 1. The van der Waals surface area contributed by atoms with Gasteiger partial charge in [0.1, 0.15) is 11.6 Å². The van der Waals surface area contributed by atoms with Crippen LogP contribution in [0.25, 0.3) is 0 Å². The van der Waals surface area contributed by atoms with Crippen molar-refractivity contribution in [2.45, 2.75) is 19.8 Å². The Morgan fingerprint density at radius 2 is 1.52 bits per heavy atom. The number of hydrogen-bond donors (Lipinski definition) is 3. The highest BCUT2D eigenvalue weighted by Gasteiger charge is 2.10. The van der Waals surface area contributed by atoms with Crippen LogP contribution in [0.1, 0.15) is 30.1 Å². The van der Waals surface area contributed by atoms with E-state index in [2.05, 4.69) is 16.2 Å². The van der Waals surface area contributed by atoms with Crippen LogP contribution in [-0.4, -0.2) is 24.3 Å². The molecule has 27 heavy (non-hydrogen) atoms. The molecule has 0 spiro atoms. The number of halogens is 1. The zero-order valence-electron chi connectivity index (χ0n) is 14.8. The third kappa shape index (κ3) is 6.77. The standard InChI is InChI=1S/C19H20FN3O4/c1-2-27-16-9-7-15(8-10-16)21-17(24)11-12-18(25)22-23-19(26)13-3-5-14(20)6-4-13/h3-10H,2,11-12H2,1H3,(H,21,24)(H,22,25)(H,23,26). The van der Waals surface area contributed by atoms with Gasteiger partial charge in [0.25, 0.3) is 5.91 Å². The summed E-state index contributed by atoms with van der Waals surface area (Å²) in [6, 6.07) is 11.7. The monoisotopic (exact) mass is 373 g/mol. The first kappa shape index (κ1) is 19.9. The first-order chi connectivity index (χ1) is 13.0. The molecule has 0 bridgehead atoms. The van der Waals surface area contributed by atoms with Gasteiger partial charge in [-0.3, -0.25) is 25.2 Å². The molecule has 3 amide bonds. The Kier molecular flexibility index (Phi) is 7.30. The Hall–Kier alpha value is -3.42. The molecule has 0 aliphatic carbocycles. The maximum absolute atomic E-state index is 12.8. The highest BCUT2D eigenvalue weighted by molar-refractivity contribution is 5.96. The summed E-state index contributed by atoms with van der Waals surface area (Å²) >= 11 is 0. The van der Waals surface area contributed by atoms with Gasteiger partial charge in [-0.25, -0.2) is 4.39 Å². The maximum atomic E-state index is 12.8. The molecule has 0 unspecified atom stereocenters. The van der Waals surface area contributed by atoms with Crippen LogP contribution in [0.5, 0.6) is 5.75 Å². The van der Waals surface area contributed by atoms with Crippen molar-refractivity contribution in [3.63, 3.8) is 0 Å². The Morgan fingerprint density at radius 3 is 2.15 bits per heavy atom. The molecule has 142 valence electrons. The van der Waals surface area contributed by atoms with Crippen LogP contribution >= 0.6 is 0 Å². The van der Waals surface area contributed by atoms with Gasteiger partial charge in [0.05, 0.1) is 6.61 Å². The predicted octanol–water partition coefficient (Wildman–Crippen LogP) is 2.40. The Balaban J connectivity index is 1.70. The average Bonchev–Trinajstić information content (AvgIpc) is 2.67. The van der Waals surface area contributed by atoms with E-state index >= 15 is 0 Å². The fourth-order valence-electron chi connectivity index (χ4n) is 2.11. The van der Waals surface area contributed by atoms with Gasteiger partial charge in [-0.15, -0.1) is 0 Å². The lowest BCUT2D eigenvalue weighted by molar-refractivity contribution is -0.124. The van der Waals surface area contributed by atoms with Crippen LogP contribution in [0.2, 0.25) is 0 Å². The third-order valence-electron chi connectivity index (χ3n) is 3.45. The molecule has 0 saturated carbocycles. The minimum absolute atomic E-state index is 0.0501. The van der Waals surface area contributed by atoms with E-state index < -0.39 is 17.6 Å². The summed E-state index contributed by atoms with van der Waals surface area (Å²) in [5.41, 5.74) is 5.20. The SMILES string of the molecule is CCOc1ccc(NC(=O)CCC(=O)NNC(=O)c2ccc(F)cc2)cc1. The predicted molar refractivity (Wildman–Crippen MR) is 97.5 cm³/mol. The second-order valence-electron chi connectivity index (χ2n) is 5.51. The van der Waals surface area contributed by atoms with Gasteiger partial charge in [0.2, 0.25) is 11.8 Å². The minimum Gasteiger partial charge on any atom is -0.494 e. The van der Waals surface area contributed by atoms with Gasteiger partial charge >= 0.3 is 0 Å². The Bertz CT molecular complexity index is 792. The number of hydrogen-bond acceptors (Lipinski definition) is 4. The fraction of sp³-hybridized carbons (Fsp3) is 0.211. The lowest BCUT2D eigenvalue weighted by Crippen LogP contribution is -2.41. The second-order valence-corrected chi connectivity index (χ2v) is 5.51. The normalized spacial score (nSPS) is 10.0. The summed E-state index contributed by atoms with van der Waals surface area (Å²) in [5.74, 6) is -1.20. The number of ether oxygens (including phenoxy) is 1. The number of amides is 3. The molecule has 2 rings (SSSR count). The summed E-state index contributed by atoms with van der Waals surface area (Å²) in [6.45, 7) is 2.43. The minimum atomic E-state index is -0.581. The van der Waals surface area contributed by atoms with Crippen LogP contribution in [0.15, 0.2) is 48.5 Å². The van der Waals surface area contributed by atoms with E-state index in [1.54, 1.807) is 24.3 Å². The maximum Gasteiger partial charge on any atom is 0.269 e. The van der Waals surface area contributed by atoms with Crippen molar-refractivity contribution in [1.82, 2.24) is 10.9 Å². The lowest BCUT2D eigenvalue weighted by atomic mass is 10.2. The fourth-order valence-corrected chi connectivity index (χ4v) is 2.11. The van der Waals surface area contributed by atoms with Gasteiger partial charge in [0.15, 0.2) is 0 Å². The van der Waals surface area contributed by atoms with E-state index in [-0.39, 0.29) is 24.3 Å². The largest absolute Gasteiger partial charge is 0.494 e. The number of carbonyl (C=O) groups excluding carboxylic acids is 3. The molecule has 0 fully saturated rings. The highest BCUT2D eigenvalue weighted by atomic mass is 19.1. The number of carbonyl (C=O) groups is 3. The molecule has 2 aromatic carbocycles. The van der Waals surface area contributed by atoms with E-state index in [1.807, 2.05) is 6.92 Å². The molecule has 0 radical (unpaired) electrons. The Morgan fingerprint density at radius 1 is 0.889 bits per heavy atom. The summed E-state index contributed by atoms with van der Waals surface area (Å²) < 4.78 is 18.1. The van der Waals surface area contributed by atoms with E-state index in [9.17, 15) is 18.8 Å². The average molecular weight is 373 g/mol. The molecular formula is C19H20FN3O4. The van der Waals surface area contributed by atoms with Gasteiger partial charge in [0, 0.05) is 24.1 Å². The van der Waals surface area contributed by atoms with Crippen molar-refractivity contribution in [2.75, 3.05) is 11.9 Å². The summed E-state index contributed by atoms with van der Waals surface area (Å²) in [5, 5.41) is 2.67. The second kappa shape index (κ2) is 9.91. The quantitative estimate of drug-likeness (QED) is 0.650. The van der Waals surface area contributed by atoms with Gasteiger partial charge in [-0.05, 0) is 55.5 Å². The lowest BCUT2D eigenvalue weighted by Gasteiger charge is -2.08. The molecule has 2 aromatic rings. The molecule has 0 aliphatic rings. The van der Waals surface area contributed by atoms with Crippen molar-refractivity contribution >= 4 is 23.4 Å². The molecule has 0 aliphatic heterocycles. The molecule has 0 atom stereocenters. The number of rotatable bonds is 7. The van der Waals surface area contributed by atoms with E-state index in [1.165, 1.54) is 12.1 Å². The zero-order chi connectivity index (χ0) is 19.6. The molecule has 8 heteroatoms. The number of anilines is 1. The summed E-state index contributed by atoms with van der Waals surface area (Å²) in [6.07, 6.45) is -0.155. The summed E-state index contributed by atoms with van der Waals surface area (Å²) in [7, 11) is 0. The summed E-state index contributed by atoms with van der Waals surface area (Å²) in [4.78, 5) is 35.4. The van der Waals surface area contributed by atoms with E-state index in [4.69, 9.17) is 4.74 Å². The van der Waals surface area contributed by atoms with Gasteiger partial charge in [-0.2, -0.15) is 0 Å². The number of nitrogens with one attached hydrogen (secondary N) is 3. The topological polar surface area (TPSA) is 96.5 Å². The van der Waals surface area contributed by atoms with Crippen molar-refractivity contribution in [3.8, 4) is 5.75 Å². The first-order valence-corrected chi connectivity index (χ1v) is 8.35. The first-order valence-electron chi connectivity index (χ1n) is 8.35. The van der Waals surface area contributed by atoms with Gasteiger partial charge < -0.3 is 10.1 Å². The molecule has 0 saturated heterocycles. The van der Waals surface area contributed by atoms with Crippen LogP contribution in [0.4, 0.5) is 10.1 Å². The van der Waals surface area contributed by atoms with Crippen LogP contribution in [-0.2, 0) is 9.59 Å². The molecular weight excluding hydrogens is 353 g/mol. The zero-order valence-corrected chi connectivity index (χ0v) is 14.8. The van der Waals surface area contributed by atoms with Gasteiger partial charge in [-0.1, -0.05) is 0 Å². The third-order valence-corrected chi connectivity index (χ3v) is 3.45. The number of benzene rings is 2. The molecule has 7 nitrogen and oxygen atoms in total. The van der Waals surface area contributed by atoms with Crippen molar-refractivity contribution in [2.24, 2.45) is 0 Å². The molecule has 0 aromatic heterocycles. The van der Waals surface area contributed by atoms with Crippen molar-refractivity contribution in [3.05, 3.63) is 59.9 Å². The molecule has 3 N–H and O–H groups in total. The highest BCUT2D eigenvalue weighted by Crippen LogP contribution is 2.15. The van der Waals surface area contributed by atoms with Crippen LogP contribution in [0.3, 0.4) is 0 Å². The van der Waals surface area contributed by atoms with Crippen molar-refractivity contribution in [1.29, 1.82) is 0 Å². The Labute approximate surface area is 155 Å². The van der Waals surface area contributed by atoms with Crippen LogP contribution < -0.4 is 20.9 Å². The smallest absolute Gasteiger partial charge is 0.269 e. The van der Waals surface area contributed by atoms with Crippen LogP contribution in [0, 0.1) is 5.82 Å².